The van der Waals surface area contributed by atoms with Crippen molar-refractivity contribution in [2.45, 2.75) is 6.92 Å². The molecular formula is C16H15N5. The van der Waals surface area contributed by atoms with E-state index < -0.39 is 0 Å². The standard InChI is InChI=1S/C16H15N5/c1-12-7-9-14(10-8-12)20-16-18-11-17-15(21-16)19-13-5-3-2-4-6-13/h2-11H,1H3,(H2,17,18,19,20,21). The van der Waals surface area contributed by atoms with Gasteiger partial charge in [-0.2, -0.15) is 4.98 Å². The van der Waals surface area contributed by atoms with Crippen LogP contribution in [-0.2, 0) is 0 Å². The molecule has 5 nitrogen and oxygen atoms in total. The quantitative estimate of drug-likeness (QED) is 0.762. The van der Waals surface area contributed by atoms with Crippen molar-refractivity contribution in [1.82, 2.24) is 15.0 Å². The van der Waals surface area contributed by atoms with Gasteiger partial charge in [-0.05, 0) is 31.2 Å². The maximum atomic E-state index is 4.34. The van der Waals surface area contributed by atoms with Crippen molar-refractivity contribution in [1.29, 1.82) is 0 Å². The lowest BCUT2D eigenvalue weighted by Crippen LogP contribution is -2.02. The van der Waals surface area contributed by atoms with Gasteiger partial charge in [-0.1, -0.05) is 35.9 Å². The van der Waals surface area contributed by atoms with E-state index in [0.29, 0.717) is 11.9 Å². The highest BCUT2D eigenvalue weighted by Crippen LogP contribution is 2.16. The zero-order valence-corrected chi connectivity index (χ0v) is 11.6. The van der Waals surface area contributed by atoms with E-state index in [1.807, 2.05) is 54.6 Å². The Bertz CT molecular complexity index is 710. The number of hydrogen-bond acceptors (Lipinski definition) is 5. The number of benzene rings is 2. The number of aryl methyl sites for hydroxylation is 1. The normalized spacial score (nSPS) is 10.1. The van der Waals surface area contributed by atoms with Crippen LogP contribution < -0.4 is 10.6 Å². The molecule has 0 radical (unpaired) electrons. The van der Waals surface area contributed by atoms with Crippen molar-refractivity contribution in [2.24, 2.45) is 0 Å². The molecule has 5 heteroatoms. The van der Waals surface area contributed by atoms with Crippen molar-refractivity contribution >= 4 is 23.3 Å². The molecule has 0 aliphatic rings. The predicted octanol–water partition coefficient (Wildman–Crippen LogP) is 3.67. The molecule has 3 rings (SSSR count). The van der Waals surface area contributed by atoms with Gasteiger partial charge in [0.2, 0.25) is 11.9 Å². The van der Waals surface area contributed by atoms with Crippen LogP contribution in [0.1, 0.15) is 5.56 Å². The van der Waals surface area contributed by atoms with Crippen LogP contribution in [0, 0.1) is 6.92 Å². The van der Waals surface area contributed by atoms with Gasteiger partial charge in [0.05, 0.1) is 0 Å². The lowest BCUT2D eigenvalue weighted by molar-refractivity contribution is 1.06. The SMILES string of the molecule is Cc1ccc(Nc2ncnc(Nc3ccccc3)n2)cc1. The average Bonchev–Trinajstić information content (AvgIpc) is 2.51. The third-order valence-corrected chi connectivity index (χ3v) is 2.91. The Balaban J connectivity index is 1.75. The minimum absolute atomic E-state index is 0.505. The molecule has 1 heterocycles. The first-order valence-electron chi connectivity index (χ1n) is 6.64. The molecular weight excluding hydrogens is 262 g/mol. The number of nitrogens with one attached hydrogen (secondary N) is 2. The zero-order valence-electron chi connectivity index (χ0n) is 11.6. The van der Waals surface area contributed by atoms with E-state index in [1.165, 1.54) is 11.9 Å². The average molecular weight is 277 g/mol. The first-order chi connectivity index (χ1) is 10.3. The first kappa shape index (κ1) is 13.1. The molecule has 3 aromatic rings. The molecule has 0 amide bonds. The molecule has 0 spiro atoms. The monoisotopic (exact) mass is 277 g/mol. The summed E-state index contributed by atoms with van der Waals surface area (Å²) in [4.78, 5) is 12.6. The third kappa shape index (κ3) is 3.54. The molecule has 0 unspecified atom stereocenters. The van der Waals surface area contributed by atoms with E-state index in [2.05, 4.69) is 32.5 Å². The fourth-order valence-electron chi connectivity index (χ4n) is 1.83. The summed E-state index contributed by atoms with van der Waals surface area (Å²) < 4.78 is 0. The second-order valence-corrected chi connectivity index (χ2v) is 4.61. The van der Waals surface area contributed by atoms with Crippen molar-refractivity contribution in [2.75, 3.05) is 10.6 Å². The van der Waals surface area contributed by atoms with Gasteiger partial charge < -0.3 is 10.6 Å². The zero-order chi connectivity index (χ0) is 14.5. The van der Waals surface area contributed by atoms with Gasteiger partial charge in [-0.15, -0.1) is 0 Å². The third-order valence-electron chi connectivity index (χ3n) is 2.91. The molecule has 2 aromatic carbocycles. The molecule has 1 aromatic heterocycles. The summed E-state index contributed by atoms with van der Waals surface area (Å²) in [5.74, 6) is 1.01. The molecule has 0 bridgehead atoms. The lowest BCUT2D eigenvalue weighted by atomic mass is 10.2. The minimum atomic E-state index is 0.505. The van der Waals surface area contributed by atoms with Gasteiger partial charge in [0, 0.05) is 11.4 Å². The van der Waals surface area contributed by atoms with Crippen LogP contribution in [0.5, 0.6) is 0 Å². The maximum absolute atomic E-state index is 4.34. The van der Waals surface area contributed by atoms with Gasteiger partial charge >= 0.3 is 0 Å². The Morgan fingerprint density at radius 3 is 1.90 bits per heavy atom. The summed E-state index contributed by atoms with van der Waals surface area (Å²) in [5.41, 5.74) is 3.09. The molecule has 104 valence electrons. The molecule has 0 atom stereocenters. The second kappa shape index (κ2) is 6.00. The molecule has 21 heavy (non-hydrogen) atoms. The van der Waals surface area contributed by atoms with E-state index >= 15 is 0 Å². The van der Waals surface area contributed by atoms with E-state index in [-0.39, 0.29) is 0 Å². The maximum Gasteiger partial charge on any atom is 0.232 e. The van der Waals surface area contributed by atoms with Crippen molar-refractivity contribution in [3.05, 3.63) is 66.5 Å². The smallest absolute Gasteiger partial charge is 0.232 e. The summed E-state index contributed by atoms with van der Waals surface area (Å²) in [6.45, 7) is 2.05. The fourth-order valence-corrected chi connectivity index (χ4v) is 1.83. The van der Waals surface area contributed by atoms with Gasteiger partial charge in [0.15, 0.2) is 0 Å². The van der Waals surface area contributed by atoms with Crippen LogP contribution >= 0.6 is 0 Å². The summed E-state index contributed by atoms with van der Waals surface area (Å²) in [7, 11) is 0. The Kier molecular flexibility index (Phi) is 3.73. The largest absolute Gasteiger partial charge is 0.324 e. The second-order valence-electron chi connectivity index (χ2n) is 4.61. The van der Waals surface area contributed by atoms with Crippen molar-refractivity contribution in [3.8, 4) is 0 Å². The Morgan fingerprint density at radius 2 is 1.29 bits per heavy atom. The summed E-state index contributed by atoms with van der Waals surface area (Å²) in [5, 5.41) is 6.29. The van der Waals surface area contributed by atoms with Crippen LogP contribution in [0.4, 0.5) is 23.3 Å². The van der Waals surface area contributed by atoms with Crippen molar-refractivity contribution < 1.29 is 0 Å². The van der Waals surface area contributed by atoms with E-state index in [1.54, 1.807) is 0 Å². The van der Waals surface area contributed by atoms with Crippen molar-refractivity contribution in [3.63, 3.8) is 0 Å². The van der Waals surface area contributed by atoms with E-state index in [9.17, 15) is 0 Å². The summed E-state index contributed by atoms with van der Waals surface area (Å²) in [6, 6.07) is 17.8. The molecule has 0 saturated carbocycles. The van der Waals surface area contributed by atoms with Crippen LogP contribution in [0.2, 0.25) is 0 Å². The fraction of sp³-hybridized carbons (Fsp3) is 0.0625. The predicted molar refractivity (Wildman–Crippen MR) is 84.0 cm³/mol. The summed E-state index contributed by atoms with van der Waals surface area (Å²) in [6.07, 6.45) is 1.48. The molecule has 0 saturated heterocycles. The van der Waals surface area contributed by atoms with Gasteiger partial charge in [0.25, 0.3) is 0 Å². The van der Waals surface area contributed by atoms with E-state index in [4.69, 9.17) is 0 Å². The highest BCUT2D eigenvalue weighted by Gasteiger charge is 2.01. The highest BCUT2D eigenvalue weighted by molar-refractivity contribution is 5.57. The summed E-state index contributed by atoms with van der Waals surface area (Å²) >= 11 is 0. The molecule has 0 aliphatic heterocycles. The number of anilines is 4. The van der Waals surface area contributed by atoms with Crippen LogP contribution in [0.3, 0.4) is 0 Å². The number of para-hydroxylation sites is 1. The minimum Gasteiger partial charge on any atom is -0.324 e. The van der Waals surface area contributed by atoms with Gasteiger partial charge in [0.1, 0.15) is 6.33 Å². The Labute approximate surface area is 123 Å². The van der Waals surface area contributed by atoms with Crippen LogP contribution in [0.15, 0.2) is 60.9 Å². The van der Waals surface area contributed by atoms with Crippen LogP contribution in [-0.4, -0.2) is 15.0 Å². The highest BCUT2D eigenvalue weighted by atomic mass is 15.2. The van der Waals surface area contributed by atoms with Gasteiger partial charge in [-0.25, -0.2) is 9.97 Å². The topological polar surface area (TPSA) is 62.7 Å². The van der Waals surface area contributed by atoms with Crippen LogP contribution in [0.25, 0.3) is 0 Å². The number of aromatic nitrogens is 3. The Morgan fingerprint density at radius 1 is 0.714 bits per heavy atom. The first-order valence-corrected chi connectivity index (χ1v) is 6.64. The molecule has 2 N–H and O–H groups in total. The number of nitrogens with zero attached hydrogens (tertiary/aromatic N) is 3. The lowest BCUT2D eigenvalue weighted by Gasteiger charge is -2.07. The van der Waals surface area contributed by atoms with E-state index in [0.717, 1.165) is 11.4 Å². The van der Waals surface area contributed by atoms with Gasteiger partial charge in [-0.3, -0.25) is 0 Å². The number of rotatable bonds is 4. The molecule has 0 aliphatic carbocycles. The Hall–Kier alpha value is -2.95. The molecule has 0 fully saturated rings. The number of hydrogen-bond donors (Lipinski definition) is 2.